The van der Waals surface area contributed by atoms with Gasteiger partial charge in [-0.15, -0.1) is 0 Å². The van der Waals surface area contributed by atoms with Gasteiger partial charge in [0.1, 0.15) is 11.6 Å². The number of hydrogen-bond acceptors (Lipinski definition) is 5. The van der Waals surface area contributed by atoms with Crippen molar-refractivity contribution in [2.45, 2.75) is 26.2 Å². The van der Waals surface area contributed by atoms with Gasteiger partial charge in [-0.2, -0.15) is 0 Å². The molecule has 20 heavy (non-hydrogen) atoms. The van der Waals surface area contributed by atoms with Crippen molar-refractivity contribution in [1.82, 2.24) is 14.9 Å². The second kappa shape index (κ2) is 7.43. The first-order chi connectivity index (χ1) is 9.69. The van der Waals surface area contributed by atoms with Crippen LogP contribution >= 0.6 is 0 Å². The smallest absolute Gasteiger partial charge is 0.149 e. The molecule has 0 aromatic carbocycles. The lowest BCUT2D eigenvalue weighted by molar-refractivity contribution is 0.284. The highest BCUT2D eigenvalue weighted by molar-refractivity contribution is 5.44. The Morgan fingerprint density at radius 2 is 2.05 bits per heavy atom. The number of rotatable bonds is 6. The molecule has 112 valence electrons. The summed E-state index contributed by atoms with van der Waals surface area (Å²) < 4.78 is 0. The highest BCUT2D eigenvalue weighted by atomic mass is 15.2. The molecular weight excluding hydrogens is 250 g/mol. The summed E-state index contributed by atoms with van der Waals surface area (Å²) in [5.74, 6) is 2.71. The highest BCUT2D eigenvalue weighted by Gasteiger charge is 2.20. The van der Waals surface area contributed by atoms with Crippen LogP contribution in [0.25, 0.3) is 0 Å². The van der Waals surface area contributed by atoms with Crippen LogP contribution in [0.3, 0.4) is 0 Å². The summed E-state index contributed by atoms with van der Waals surface area (Å²) in [6, 6.07) is 0. The minimum Gasteiger partial charge on any atom is -0.369 e. The molecule has 0 aliphatic carbocycles. The topological polar surface area (TPSA) is 44.3 Å². The molecule has 0 bridgehead atoms. The highest BCUT2D eigenvalue weighted by Crippen LogP contribution is 2.22. The number of nitrogens with zero attached hydrogens (tertiary/aromatic N) is 4. The first-order valence-corrected chi connectivity index (χ1v) is 7.64. The largest absolute Gasteiger partial charge is 0.369 e. The number of anilines is 2. The summed E-state index contributed by atoms with van der Waals surface area (Å²) in [5.41, 5.74) is 0. The van der Waals surface area contributed by atoms with E-state index in [4.69, 9.17) is 0 Å². The molecule has 5 nitrogen and oxygen atoms in total. The average Bonchev–Trinajstić information content (AvgIpc) is 2.45. The summed E-state index contributed by atoms with van der Waals surface area (Å²) in [4.78, 5) is 13.6. The molecule has 1 N–H and O–H groups in total. The lowest BCUT2D eigenvalue weighted by atomic mass is 9.96. The fourth-order valence-electron chi connectivity index (χ4n) is 2.71. The lowest BCUT2D eigenvalue weighted by Crippen LogP contribution is -2.37. The predicted molar refractivity (Wildman–Crippen MR) is 84.3 cm³/mol. The van der Waals surface area contributed by atoms with Crippen LogP contribution in [0.1, 0.15) is 26.2 Å². The van der Waals surface area contributed by atoms with Gasteiger partial charge in [-0.3, -0.25) is 4.98 Å². The van der Waals surface area contributed by atoms with Gasteiger partial charge in [0.2, 0.25) is 0 Å². The Labute approximate surface area is 122 Å². The quantitative estimate of drug-likeness (QED) is 0.862. The molecule has 0 saturated carbocycles. The van der Waals surface area contributed by atoms with E-state index < -0.39 is 0 Å². The van der Waals surface area contributed by atoms with Crippen molar-refractivity contribution in [2.75, 3.05) is 50.5 Å². The molecule has 0 amide bonds. The molecule has 2 heterocycles. The molecule has 0 unspecified atom stereocenters. The van der Waals surface area contributed by atoms with Crippen LogP contribution in [-0.2, 0) is 0 Å². The SMILES string of the molecule is CCCNc1cncc(N2CCC(CN(C)C)CC2)n1. The first kappa shape index (κ1) is 15.0. The molecule has 1 saturated heterocycles. The van der Waals surface area contributed by atoms with Gasteiger partial charge in [-0.05, 0) is 39.3 Å². The fourth-order valence-corrected chi connectivity index (χ4v) is 2.71. The van der Waals surface area contributed by atoms with Crippen molar-refractivity contribution >= 4 is 11.6 Å². The molecule has 0 radical (unpaired) electrons. The zero-order valence-electron chi connectivity index (χ0n) is 13.0. The third kappa shape index (κ3) is 4.34. The molecule has 0 atom stereocenters. The van der Waals surface area contributed by atoms with Gasteiger partial charge in [0.25, 0.3) is 0 Å². The monoisotopic (exact) mass is 277 g/mol. The molecule has 5 heteroatoms. The summed E-state index contributed by atoms with van der Waals surface area (Å²) in [6.07, 6.45) is 7.27. The summed E-state index contributed by atoms with van der Waals surface area (Å²) in [6.45, 7) is 6.47. The van der Waals surface area contributed by atoms with Crippen LogP contribution in [0.5, 0.6) is 0 Å². The average molecular weight is 277 g/mol. The van der Waals surface area contributed by atoms with Gasteiger partial charge in [0.15, 0.2) is 0 Å². The zero-order chi connectivity index (χ0) is 14.4. The Morgan fingerprint density at radius 3 is 2.70 bits per heavy atom. The number of nitrogens with one attached hydrogen (secondary N) is 1. The summed E-state index contributed by atoms with van der Waals surface area (Å²) in [7, 11) is 4.31. The van der Waals surface area contributed by atoms with Crippen molar-refractivity contribution in [1.29, 1.82) is 0 Å². The Bertz CT molecular complexity index is 399. The minimum atomic E-state index is 0.815. The van der Waals surface area contributed by atoms with E-state index in [1.807, 2.05) is 6.20 Å². The van der Waals surface area contributed by atoms with E-state index in [1.54, 1.807) is 6.20 Å². The Hall–Kier alpha value is -1.36. The normalized spacial score (nSPS) is 16.7. The number of piperidine rings is 1. The first-order valence-electron chi connectivity index (χ1n) is 7.64. The maximum atomic E-state index is 4.66. The van der Waals surface area contributed by atoms with Gasteiger partial charge in [-0.1, -0.05) is 6.92 Å². The molecule has 1 aromatic rings. The van der Waals surface area contributed by atoms with Gasteiger partial charge >= 0.3 is 0 Å². The van der Waals surface area contributed by atoms with E-state index in [-0.39, 0.29) is 0 Å². The lowest BCUT2D eigenvalue weighted by Gasteiger charge is -2.33. The van der Waals surface area contributed by atoms with Crippen LogP contribution in [-0.4, -0.2) is 55.1 Å². The second-order valence-corrected chi connectivity index (χ2v) is 5.88. The summed E-state index contributed by atoms with van der Waals surface area (Å²) >= 11 is 0. The van der Waals surface area contributed by atoms with Crippen molar-refractivity contribution in [3.8, 4) is 0 Å². The molecule has 1 aliphatic heterocycles. The fraction of sp³-hybridized carbons (Fsp3) is 0.733. The second-order valence-electron chi connectivity index (χ2n) is 5.88. The van der Waals surface area contributed by atoms with Gasteiger partial charge in [0, 0.05) is 26.2 Å². The standard InChI is InChI=1S/C15H27N5/c1-4-7-17-14-10-16-11-15(18-14)20-8-5-13(6-9-20)12-19(2)3/h10-11,13H,4-9,12H2,1-3H3,(H,17,18). The van der Waals surface area contributed by atoms with Crippen LogP contribution in [0, 0.1) is 5.92 Å². The van der Waals surface area contributed by atoms with E-state index in [9.17, 15) is 0 Å². The summed E-state index contributed by atoms with van der Waals surface area (Å²) in [5, 5.41) is 3.30. The Kier molecular flexibility index (Phi) is 5.59. The zero-order valence-corrected chi connectivity index (χ0v) is 13.0. The van der Waals surface area contributed by atoms with Crippen molar-refractivity contribution in [3.63, 3.8) is 0 Å². The van der Waals surface area contributed by atoms with Crippen LogP contribution < -0.4 is 10.2 Å². The van der Waals surface area contributed by atoms with Gasteiger partial charge < -0.3 is 15.1 Å². The maximum absolute atomic E-state index is 4.66. The van der Waals surface area contributed by atoms with Crippen molar-refractivity contribution < 1.29 is 0 Å². The third-order valence-corrected chi connectivity index (χ3v) is 3.74. The molecule has 1 aliphatic rings. The minimum absolute atomic E-state index is 0.815. The number of hydrogen-bond donors (Lipinski definition) is 1. The van der Waals surface area contributed by atoms with E-state index >= 15 is 0 Å². The van der Waals surface area contributed by atoms with Crippen LogP contribution in [0.4, 0.5) is 11.6 Å². The molecular formula is C15H27N5. The number of aromatic nitrogens is 2. The van der Waals surface area contributed by atoms with Crippen molar-refractivity contribution in [3.05, 3.63) is 12.4 Å². The van der Waals surface area contributed by atoms with E-state index in [2.05, 4.69) is 46.1 Å². The van der Waals surface area contributed by atoms with E-state index in [0.29, 0.717) is 0 Å². The van der Waals surface area contributed by atoms with Crippen molar-refractivity contribution in [2.24, 2.45) is 5.92 Å². The van der Waals surface area contributed by atoms with Gasteiger partial charge in [0.05, 0.1) is 12.4 Å². The molecule has 2 rings (SSSR count). The van der Waals surface area contributed by atoms with E-state index in [1.165, 1.54) is 19.4 Å². The molecule has 1 aromatic heterocycles. The Balaban J connectivity index is 1.89. The van der Waals surface area contributed by atoms with Crippen LogP contribution in [0.2, 0.25) is 0 Å². The van der Waals surface area contributed by atoms with E-state index in [0.717, 1.165) is 43.6 Å². The molecule has 0 spiro atoms. The third-order valence-electron chi connectivity index (χ3n) is 3.74. The molecule has 1 fully saturated rings. The maximum Gasteiger partial charge on any atom is 0.149 e. The van der Waals surface area contributed by atoms with Crippen LogP contribution in [0.15, 0.2) is 12.4 Å². The Morgan fingerprint density at radius 1 is 1.30 bits per heavy atom. The van der Waals surface area contributed by atoms with Gasteiger partial charge in [-0.25, -0.2) is 4.98 Å². The predicted octanol–water partition coefficient (Wildman–Crippen LogP) is 2.08.